The highest BCUT2D eigenvalue weighted by Gasteiger charge is 2.06. The Kier molecular flexibility index (Phi) is 6.48. The van der Waals surface area contributed by atoms with Gasteiger partial charge in [-0.25, -0.2) is 4.79 Å². The minimum atomic E-state index is -0.193. The van der Waals surface area contributed by atoms with Crippen LogP contribution < -0.4 is 20.1 Å². The first-order valence-corrected chi connectivity index (χ1v) is 7.84. The molecule has 2 aromatic rings. The summed E-state index contributed by atoms with van der Waals surface area (Å²) in [6.45, 7) is 3.80. The van der Waals surface area contributed by atoms with Gasteiger partial charge in [-0.2, -0.15) is 5.10 Å². The predicted octanol–water partition coefficient (Wildman–Crippen LogP) is 2.10. The lowest BCUT2D eigenvalue weighted by molar-refractivity contribution is 0.240. The van der Waals surface area contributed by atoms with Gasteiger partial charge >= 0.3 is 6.03 Å². The van der Waals surface area contributed by atoms with E-state index in [2.05, 4.69) is 15.7 Å². The summed E-state index contributed by atoms with van der Waals surface area (Å²) in [5.41, 5.74) is 2.07. The Labute approximate surface area is 142 Å². The number of amides is 2. The minimum absolute atomic E-state index is 0.193. The molecule has 0 atom stereocenters. The fourth-order valence-corrected chi connectivity index (χ4v) is 2.27. The fraction of sp³-hybridized carbons (Fsp3) is 0.412. The van der Waals surface area contributed by atoms with E-state index in [0.717, 1.165) is 24.1 Å². The number of aromatic nitrogens is 2. The van der Waals surface area contributed by atoms with E-state index in [9.17, 15) is 4.79 Å². The monoisotopic (exact) mass is 332 g/mol. The van der Waals surface area contributed by atoms with E-state index in [0.29, 0.717) is 24.6 Å². The number of hydrogen-bond donors (Lipinski definition) is 2. The highest BCUT2D eigenvalue weighted by Crippen LogP contribution is 2.27. The average Bonchev–Trinajstić information content (AvgIpc) is 3.01. The summed E-state index contributed by atoms with van der Waals surface area (Å²) in [5, 5.41) is 9.86. The number of hydrogen-bond acceptors (Lipinski definition) is 4. The second-order valence-corrected chi connectivity index (χ2v) is 5.43. The topological polar surface area (TPSA) is 77.4 Å². The van der Waals surface area contributed by atoms with Crippen molar-refractivity contribution in [3.63, 3.8) is 0 Å². The van der Waals surface area contributed by atoms with Crippen LogP contribution in [0.1, 0.15) is 17.5 Å². The van der Waals surface area contributed by atoms with Gasteiger partial charge in [-0.15, -0.1) is 0 Å². The van der Waals surface area contributed by atoms with Crippen molar-refractivity contribution in [1.82, 2.24) is 20.4 Å². The Bertz CT molecular complexity index is 670. The van der Waals surface area contributed by atoms with Gasteiger partial charge in [0, 0.05) is 25.8 Å². The molecule has 0 fully saturated rings. The lowest BCUT2D eigenvalue weighted by Gasteiger charge is -2.11. The van der Waals surface area contributed by atoms with Crippen LogP contribution in [0.3, 0.4) is 0 Å². The van der Waals surface area contributed by atoms with Crippen LogP contribution >= 0.6 is 0 Å². The third kappa shape index (κ3) is 5.19. The molecule has 0 saturated carbocycles. The molecule has 2 rings (SSSR count). The zero-order valence-corrected chi connectivity index (χ0v) is 14.3. The smallest absolute Gasteiger partial charge is 0.315 e. The van der Waals surface area contributed by atoms with Gasteiger partial charge in [0.05, 0.1) is 20.4 Å². The average molecular weight is 332 g/mol. The summed E-state index contributed by atoms with van der Waals surface area (Å²) in [6.07, 6.45) is 4.63. The van der Waals surface area contributed by atoms with Gasteiger partial charge in [0.1, 0.15) is 0 Å². The molecule has 130 valence electrons. The molecule has 0 bridgehead atoms. The van der Waals surface area contributed by atoms with Crippen LogP contribution in [0.25, 0.3) is 0 Å². The van der Waals surface area contributed by atoms with Gasteiger partial charge in [0.15, 0.2) is 11.5 Å². The van der Waals surface area contributed by atoms with E-state index in [4.69, 9.17) is 9.47 Å². The molecule has 2 N–H and O–H groups in total. The van der Waals surface area contributed by atoms with Gasteiger partial charge in [-0.3, -0.25) is 4.68 Å². The molecule has 7 heteroatoms. The van der Waals surface area contributed by atoms with E-state index in [1.807, 2.05) is 42.2 Å². The van der Waals surface area contributed by atoms with Gasteiger partial charge < -0.3 is 20.1 Å². The maximum Gasteiger partial charge on any atom is 0.315 e. The predicted molar refractivity (Wildman–Crippen MR) is 91.4 cm³/mol. The largest absolute Gasteiger partial charge is 0.493 e. The second kappa shape index (κ2) is 8.81. The number of nitrogens with one attached hydrogen (secondary N) is 2. The molecule has 0 unspecified atom stereocenters. The molecule has 0 spiro atoms. The lowest BCUT2D eigenvalue weighted by atomic mass is 10.2. The molecular weight excluding hydrogens is 308 g/mol. The van der Waals surface area contributed by atoms with Crippen molar-refractivity contribution in [3.8, 4) is 11.5 Å². The molecule has 0 aliphatic heterocycles. The molecular formula is C17H24N4O3. The number of urea groups is 1. The van der Waals surface area contributed by atoms with Crippen molar-refractivity contribution in [2.45, 2.75) is 26.4 Å². The Hall–Kier alpha value is -2.70. The van der Waals surface area contributed by atoms with Crippen LogP contribution in [0.2, 0.25) is 0 Å². The third-order valence-electron chi connectivity index (χ3n) is 3.51. The van der Waals surface area contributed by atoms with Gasteiger partial charge in [0.2, 0.25) is 0 Å². The van der Waals surface area contributed by atoms with Crippen molar-refractivity contribution in [2.75, 3.05) is 20.8 Å². The third-order valence-corrected chi connectivity index (χ3v) is 3.51. The van der Waals surface area contributed by atoms with Crippen LogP contribution in [0, 0.1) is 6.92 Å². The Morgan fingerprint density at radius 1 is 1.21 bits per heavy atom. The van der Waals surface area contributed by atoms with Crippen molar-refractivity contribution in [3.05, 3.63) is 41.7 Å². The summed E-state index contributed by atoms with van der Waals surface area (Å²) in [6, 6.07) is 5.36. The molecule has 2 amide bonds. The van der Waals surface area contributed by atoms with E-state index >= 15 is 0 Å². The Balaban J connectivity index is 1.69. The number of ether oxygens (including phenoxy) is 2. The molecule has 0 radical (unpaired) electrons. The number of carbonyl (C=O) groups excluding carboxylic acids is 1. The van der Waals surface area contributed by atoms with Crippen LogP contribution in [0.5, 0.6) is 11.5 Å². The second-order valence-electron chi connectivity index (χ2n) is 5.43. The minimum Gasteiger partial charge on any atom is -0.493 e. The summed E-state index contributed by atoms with van der Waals surface area (Å²) in [7, 11) is 3.18. The quantitative estimate of drug-likeness (QED) is 0.726. The molecule has 0 saturated heterocycles. The first-order chi connectivity index (χ1) is 11.6. The van der Waals surface area contributed by atoms with Crippen molar-refractivity contribution < 1.29 is 14.3 Å². The summed E-state index contributed by atoms with van der Waals surface area (Å²) in [5.74, 6) is 1.31. The van der Waals surface area contributed by atoms with Crippen LogP contribution in [-0.4, -0.2) is 36.6 Å². The summed E-state index contributed by atoms with van der Waals surface area (Å²) < 4.78 is 12.3. The molecule has 0 aliphatic rings. The number of rotatable bonds is 8. The van der Waals surface area contributed by atoms with Gasteiger partial charge in [-0.05, 0) is 36.6 Å². The van der Waals surface area contributed by atoms with Crippen molar-refractivity contribution in [2.24, 2.45) is 0 Å². The molecule has 0 aliphatic carbocycles. The first kappa shape index (κ1) is 17.7. The number of benzene rings is 1. The van der Waals surface area contributed by atoms with Crippen LogP contribution in [-0.2, 0) is 13.1 Å². The molecule has 1 aromatic heterocycles. The summed E-state index contributed by atoms with van der Waals surface area (Å²) >= 11 is 0. The first-order valence-electron chi connectivity index (χ1n) is 7.84. The highest BCUT2D eigenvalue weighted by molar-refractivity contribution is 5.73. The zero-order valence-electron chi connectivity index (χ0n) is 14.3. The SMILES string of the molecule is COc1ccc(CNC(=O)NCCCn2cc(C)cn2)cc1OC. The number of nitrogens with zero attached hydrogens (tertiary/aromatic N) is 2. The van der Waals surface area contributed by atoms with Gasteiger partial charge in [-0.1, -0.05) is 6.07 Å². The number of carbonyl (C=O) groups is 1. The maximum atomic E-state index is 11.8. The number of aryl methyl sites for hydroxylation is 2. The van der Waals surface area contributed by atoms with Gasteiger partial charge in [0.25, 0.3) is 0 Å². The van der Waals surface area contributed by atoms with Crippen LogP contribution in [0.4, 0.5) is 4.79 Å². The van der Waals surface area contributed by atoms with E-state index < -0.39 is 0 Å². The number of methoxy groups -OCH3 is 2. The molecule has 1 aromatic carbocycles. The normalized spacial score (nSPS) is 10.3. The van der Waals surface area contributed by atoms with Crippen molar-refractivity contribution in [1.29, 1.82) is 0 Å². The Morgan fingerprint density at radius 3 is 2.67 bits per heavy atom. The maximum absolute atomic E-state index is 11.8. The standard InChI is InChI=1S/C17H24N4O3/c1-13-10-20-21(12-13)8-4-7-18-17(22)19-11-14-5-6-15(23-2)16(9-14)24-3/h5-6,9-10,12H,4,7-8,11H2,1-3H3,(H2,18,19,22). The highest BCUT2D eigenvalue weighted by atomic mass is 16.5. The molecule has 24 heavy (non-hydrogen) atoms. The zero-order chi connectivity index (χ0) is 17.4. The van der Waals surface area contributed by atoms with E-state index in [1.165, 1.54) is 0 Å². The Morgan fingerprint density at radius 2 is 2.00 bits per heavy atom. The van der Waals surface area contributed by atoms with Crippen molar-refractivity contribution >= 4 is 6.03 Å². The van der Waals surface area contributed by atoms with E-state index in [1.54, 1.807) is 14.2 Å². The fourth-order valence-electron chi connectivity index (χ4n) is 2.27. The van der Waals surface area contributed by atoms with E-state index in [-0.39, 0.29) is 6.03 Å². The molecule has 1 heterocycles. The lowest BCUT2D eigenvalue weighted by Crippen LogP contribution is -2.35. The summed E-state index contributed by atoms with van der Waals surface area (Å²) in [4.78, 5) is 11.8. The van der Waals surface area contributed by atoms with Crippen LogP contribution in [0.15, 0.2) is 30.6 Å². The molecule has 7 nitrogen and oxygen atoms in total.